The molecule has 2 aromatic heterocycles. The number of pyridine rings is 1. The second kappa shape index (κ2) is 6.12. The summed E-state index contributed by atoms with van der Waals surface area (Å²) in [6, 6.07) is 14.1. The summed E-state index contributed by atoms with van der Waals surface area (Å²) in [6.07, 6.45) is 7.60. The molecule has 3 aromatic rings. The first-order valence-corrected chi connectivity index (χ1v) is 6.60. The highest BCUT2D eigenvalue weighted by Gasteiger charge is 2.00. The van der Waals surface area contributed by atoms with E-state index in [0.717, 1.165) is 24.3 Å². The third-order valence-electron chi connectivity index (χ3n) is 3.04. The van der Waals surface area contributed by atoms with Gasteiger partial charge in [0.2, 0.25) is 0 Å². The van der Waals surface area contributed by atoms with Crippen LogP contribution in [0, 0.1) is 0 Å². The van der Waals surface area contributed by atoms with E-state index in [1.807, 2.05) is 59.7 Å². The summed E-state index contributed by atoms with van der Waals surface area (Å²) in [5.74, 6) is 0. The van der Waals surface area contributed by atoms with Gasteiger partial charge >= 0.3 is 0 Å². The Morgan fingerprint density at radius 2 is 1.75 bits per heavy atom. The topological polar surface area (TPSA) is 42.7 Å². The van der Waals surface area contributed by atoms with E-state index in [4.69, 9.17) is 0 Å². The summed E-state index contributed by atoms with van der Waals surface area (Å²) in [4.78, 5) is 4.10. The van der Waals surface area contributed by atoms with E-state index in [1.165, 1.54) is 5.56 Å². The maximum Gasteiger partial charge on any atom is 0.0645 e. The zero-order valence-electron chi connectivity index (χ0n) is 11.1. The number of para-hydroxylation sites is 1. The average molecular weight is 264 g/mol. The quantitative estimate of drug-likeness (QED) is 0.770. The van der Waals surface area contributed by atoms with Gasteiger partial charge in [-0.2, -0.15) is 5.10 Å². The summed E-state index contributed by atoms with van der Waals surface area (Å²) in [6.45, 7) is 1.60. The van der Waals surface area contributed by atoms with Gasteiger partial charge in [0.15, 0.2) is 0 Å². The van der Waals surface area contributed by atoms with Gasteiger partial charge in [-0.15, -0.1) is 0 Å². The Kier molecular flexibility index (Phi) is 3.85. The smallest absolute Gasteiger partial charge is 0.0645 e. The SMILES string of the molecule is c1ccc(-n2cc(CNCc3cccnc3)cn2)cc1. The van der Waals surface area contributed by atoms with Crippen molar-refractivity contribution in [3.05, 3.63) is 78.4 Å². The minimum absolute atomic E-state index is 0.793. The normalized spacial score (nSPS) is 10.6. The number of nitrogens with zero attached hydrogens (tertiary/aromatic N) is 3. The van der Waals surface area contributed by atoms with Crippen molar-refractivity contribution in [1.82, 2.24) is 20.1 Å². The summed E-state index contributed by atoms with van der Waals surface area (Å²) in [5, 5.41) is 7.77. The molecule has 0 aliphatic heterocycles. The predicted octanol–water partition coefficient (Wildman–Crippen LogP) is 2.56. The highest BCUT2D eigenvalue weighted by molar-refractivity contribution is 5.30. The van der Waals surface area contributed by atoms with Crippen molar-refractivity contribution in [3.8, 4) is 5.69 Å². The molecule has 0 bridgehead atoms. The van der Waals surface area contributed by atoms with Gasteiger partial charge in [0.05, 0.1) is 11.9 Å². The van der Waals surface area contributed by atoms with E-state index in [-0.39, 0.29) is 0 Å². The van der Waals surface area contributed by atoms with Crippen LogP contribution in [0.15, 0.2) is 67.3 Å². The second-order valence-electron chi connectivity index (χ2n) is 4.59. The van der Waals surface area contributed by atoms with Crippen molar-refractivity contribution >= 4 is 0 Å². The second-order valence-corrected chi connectivity index (χ2v) is 4.59. The van der Waals surface area contributed by atoms with Crippen molar-refractivity contribution in [2.75, 3.05) is 0 Å². The van der Waals surface area contributed by atoms with Gasteiger partial charge in [-0.25, -0.2) is 4.68 Å². The summed E-state index contributed by atoms with van der Waals surface area (Å²) < 4.78 is 1.89. The van der Waals surface area contributed by atoms with Crippen molar-refractivity contribution < 1.29 is 0 Å². The van der Waals surface area contributed by atoms with E-state index >= 15 is 0 Å². The van der Waals surface area contributed by atoms with Crippen LogP contribution in [0.2, 0.25) is 0 Å². The van der Waals surface area contributed by atoms with Crippen LogP contribution in [0.1, 0.15) is 11.1 Å². The van der Waals surface area contributed by atoms with E-state index in [0.29, 0.717) is 0 Å². The third kappa shape index (κ3) is 3.10. The fourth-order valence-electron chi connectivity index (χ4n) is 2.03. The van der Waals surface area contributed by atoms with E-state index in [9.17, 15) is 0 Å². The molecule has 0 atom stereocenters. The number of hydrogen-bond donors (Lipinski definition) is 1. The standard InChI is InChI=1S/C16H16N4/c1-2-6-16(7-3-1)20-13-15(12-19-20)11-18-10-14-5-4-8-17-9-14/h1-9,12-13,18H,10-11H2. The molecule has 20 heavy (non-hydrogen) atoms. The molecule has 4 heteroatoms. The van der Waals surface area contributed by atoms with Gasteiger partial charge in [0, 0.05) is 37.2 Å². The highest BCUT2D eigenvalue weighted by Crippen LogP contribution is 2.07. The summed E-state index contributed by atoms with van der Waals surface area (Å²) >= 11 is 0. The molecule has 0 fully saturated rings. The van der Waals surface area contributed by atoms with Gasteiger partial charge in [-0.05, 0) is 23.8 Å². The van der Waals surface area contributed by atoms with Crippen LogP contribution in [0.5, 0.6) is 0 Å². The van der Waals surface area contributed by atoms with E-state index in [1.54, 1.807) is 6.20 Å². The maximum absolute atomic E-state index is 4.38. The van der Waals surface area contributed by atoms with Gasteiger partial charge in [0.1, 0.15) is 0 Å². The summed E-state index contributed by atoms with van der Waals surface area (Å²) in [5.41, 5.74) is 3.42. The molecule has 0 saturated carbocycles. The zero-order chi connectivity index (χ0) is 13.6. The number of nitrogens with one attached hydrogen (secondary N) is 1. The molecule has 0 radical (unpaired) electrons. The molecule has 0 spiro atoms. The Morgan fingerprint density at radius 1 is 0.900 bits per heavy atom. The average Bonchev–Trinajstić information content (AvgIpc) is 2.98. The lowest BCUT2D eigenvalue weighted by Gasteiger charge is -2.02. The molecule has 1 N–H and O–H groups in total. The van der Waals surface area contributed by atoms with Crippen LogP contribution in [0.25, 0.3) is 5.69 Å². The van der Waals surface area contributed by atoms with Crippen molar-refractivity contribution in [3.63, 3.8) is 0 Å². The fraction of sp³-hybridized carbons (Fsp3) is 0.125. The number of rotatable bonds is 5. The zero-order valence-corrected chi connectivity index (χ0v) is 11.1. The van der Waals surface area contributed by atoms with Crippen LogP contribution in [0.3, 0.4) is 0 Å². The van der Waals surface area contributed by atoms with Crippen LogP contribution in [-0.2, 0) is 13.1 Å². The van der Waals surface area contributed by atoms with Gasteiger partial charge in [-0.3, -0.25) is 4.98 Å². The molecule has 0 aliphatic carbocycles. The summed E-state index contributed by atoms with van der Waals surface area (Å²) in [7, 11) is 0. The molecule has 3 rings (SSSR count). The van der Waals surface area contributed by atoms with Crippen LogP contribution in [0.4, 0.5) is 0 Å². The van der Waals surface area contributed by atoms with Gasteiger partial charge in [-0.1, -0.05) is 24.3 Å². The first-order valence-electron chi connectivity index (χ1n) is 6.60. The largest absolute Gasteiger partial charge is 0.308 e. The van der Waals surface area contributed by atoms with Gasteiger partial charge < -0.3 is 5.32 Å². The third-order valence-corrected chi connectivity index (χ3v) is 3.04. The molecule has 0 unspecified atom stereocenters. The Morgan fingerprint density at radius 3 is 2.55 bits per heavy atom. The number of aromatic nitrogens is 3. The molecule has 0 saturated heterocycles. The first kappa shape index (κ1) is 12.6. The molecule has 2 heterocycles. The Labute approximate surface area is 118 Å². The van der Waals surface area contributed by atoms with E-state index in [2.05, 4.69) is 21.5 Å². The minimum atomic E-state index is 0.793. The Hall–Kier alpha value is -2.46. The lowest BCUT2D eigenvalue weighted by molar-refractivity contribution is 0.691. The monoisotopic (exact) mass is 264 g/mol. The van der Waals surface area contributed by atoms with Crippen LogP contribution < -0.4 is 5.32 Å². The van der Waals surface area contributed by atoms with Gasteiger partial charge in [0.25, 0.3) is 0 Å². The predicted molar refractivity (Wildman–Crippen MR) is 78.3 cm³/mol. The number of benzene rings is 1. The molecule has 0 aliphatic rings. The molecule has 1 aromatic carbocycles. The van der Waals surface area contributed by atoms with Crippen molar-refractivity contribution in [1.29, 1.82) is 0 Å². The molecular weight excluding hydrogens is 248 g/mol. The molecule has 4 nitrogen and oxygen atoms in total. The highest BCUT2D eigenvalue weighted by atomic mass is 15.3. The van der Waals surface area contributed by atoms with Crippen LogP contribution in [-0.4, -0.2) is 14.8 Å². The van der Waals surface area contributed by atoms with Crippen molar-refractivity contribution in [2.24, 2.45) is 0 Å². The lowest BCUT2D eigenvalue weighted by atomic mass is 10.3. The lowest BCUT2D eigenvalue weighted by Crippen LogP contribution is -2.12. The maximum atomic E-state index is 4.38. The Bertz CT molecular complexity index is 647. The Balaban J connectivity index is 1.58. The number of hydrogen-bond acceptors (Lipinski definition) is 3. The first-order chi connectivity index (χ1) is 9.92. The van der Waals surface area contributed by atoms with Crippen molar-refractivity contribution in [2.45, 2.75) is 13.1 Å². The molecular formula is C16H16N4. The van der Waals surface area contributed by atoms with E-state index < -0.39 is 0 Å². The molecule has 0 amide bonds. The molecule has 100 valence electrons. The minimum Gasteiger partial charge on any atom is -0.308 e. The van der Waals surface area contributed by atoms with Crippen LogP contribution >= 0.6 is 0 Å². The fourth-order valence-corrected chi connectivity index (χ4v) is 2.03.